The molecule has 2 aromatic rings. The normalized spacial score (nSPS) is 9.88. The maximum absolute atomic E-state index is 10.7. The number of hydrogen-bond donors (Lipinski definition) is 1. The molecule has 0 amide bonds. The Morgan fingerprint density at radius 1 is 1.00 bits per heavy atom. The van der Waals surface area contributed by atoms with Crippen LogP contribution in [0, 0.1) is 0 Å². The van der Waals surface area contributed by atoms with Crippen LogP contribution in [0.15, 0.2) is 54.6 Å². The van der Waals surface area contributed by atoms with E-state index in [0.717, 1.165) is 5.56 Å². The second-order valence-corrected chi connectivity index (χ2v) is 3.60. The highest BCUT2D eigenvalue weighted by Gasteiger charge is 2.02. The summed E-state index contributed by atoms with van der Waals surface area (Å²) >= 11 is 0. The molecule has 86 valence electrons. The molecule has 2 aromatic carbocycles. The van der Waals surface area contributed by atoms with E-state index in [2.05, 4.69) is 0 Å². The van der Waals surface area contributed by atoms with E-state index >= 15 is 0 Å². The van der Waals surface area contributed by atoms with Crippen molar-refractivity contribution in [3.63, 3.8) is 0 Å². The van der Waals surface area contributed by atoms with Crippen molar-refractivity contribution in [3.8, 4) is 5.75 Å². The highest BCUT2D eigenvalue weighted by atomic mass is 16.5. The maximum Gasteiger partial charge on any atom is 0.335 e. The summed E-state index contributed by atoms with van der Waals surface area (Å²) in [5, 5.41) is 8.74. The molecule has 0 saturated carbocycles. The molecule has 0 aliphatic carbocycles. The summed E-state index contributed by atoms with van der Waals surface area (Å²) in [5.74, 6) is -0.265. The fourth-order valence-corrected chi connectivity index (χ4v) is 1.43. The lowest BCUT2D eigenvalue weighted by atomic mass is 10.2. The van der Waals surface area contributed by atoms with Gasteiger partial charge in [0.25, 0.3) is 0 Å². The van der Waals surface area contributed by atoms with Gasteiger partial charge in [-0.05, 0) is 29.8 Å². The Bertz CT molecular complexity index is 489. The highest BCUT2D eigenvalue weighted by Crippen LogP contribution is 2.14. The summed E-state index contributed by atoms with van der Waals surface area (Å²) < 4.78 is 5.53. The summed E-state index contributed by atoms with van der Waals surface area (Å²) in [7, 11) is 0. The van der Waals surface area contributed by atoms with Crippen LogP contribution in [-0.2, 0) is 6.61 Å². The molecule has 0 heterocycles. The van der Waals surface area contributed by atoms with E-state index in [1.165, 1.54) is 12.1 Å². The first-order valence-corrected chi connectivity index (χ1v) is 5.26. The number of carbonyl (C=O) groups is 1. The highest BCUT2D eigenvalue weighted by molar-refractivity contribution is 5.87. The van der Waals surface area contributed by atoms with Crippen LogP contribution in [0.4, 0.5) is 0 Å². The van der Waals surface area contributed by atoms with Gasteiger partial charge in [-0.3, -0.25) is 0 Å². The van der Waals surface area contributed by atoms with Gasteiger partial charge < -0.3 is 9.84 Å². The summed E-state index contributed by atoms with van der Waals surface area (Å²) in [6, 6.07) is 16.2. The molecule has 0 fully saturated rings. The summed E-state index contributed by atoms with van der Waals surface area (Å²) in [6.07, 6.45) is 0. The quantitative estimate of drug-likeness (QED) is 0.876. The van der Waals surface area contributed by atoms with E-state index in [0.29, 0.717) is 12.4 Å². The zero-order valence-electron chi connectivity index (χ0n) is 9.17. The summed E-state index contributed by atoms with van der Waals surface area (Å²) in [6.45, 7) is 0.479. The molecular formula is C14H12O3. The number of aromatic carboxylic acids is 1. The molecule has 0 aliphatic heterocycles. The largest absolute Gasteiger partial charge is 0.489 e. The second-order valence-electron chi connectivity index (χ2n) is 3.60. The third-order valence-electron chi connectivity index (χ3n) is 2.35. The van der Waals surface area contributed by atoms with Gasteiger partial charge in [0.15, 0.2) is 0 Å². The molecule has 0 aromatic heterocycles. The molecule has 0 spiro atoms. The van der Waals surface area contributed by atoms with Crippen molar-refractivity contribution in [2.24, 2.45) is 0 Å². The van der Waals surface area contributed by atoms with Crippen molar-refractivity contribution in [1.82, 2.24) is 0 Å². The minimum absolute atomic E-state index is 0.261. The Kier molecular flexibility index (Phi) is 3.40. The first-order valence-electron chi connectivity index (χ1n) is 5.26. The van der Waals surface area contributed by atoms with Gasteiger partial charge in [0.1, 0.15) is 12.4 Å². The Morgan fingerprint density at radius 2 is 1.65 bits per heavy atom. The number of carboxylic acids is 1. The van der Waals surface area contributed by atoms with Crippen LogP contribution < -0.4 is 4.74 Å². The molecule has 0 aliphatic rings. The number of ether oxygens (including phenoxy) is 1. The topological polar surface area (TPSA) is 46.5 Å². The number of rotatable bonds is 4. The molecule has 1 N–H and O–H groups in total. The van der Waals surface area contributed by atoms with Gasteiger partial charge >= 0.3 is 5.97 Å². The minimum atomic E-state index is -0.931. The van der Waals surface area contributed by atoms with Crippen LogP contribution in [0.2, 0.25) is 0 Å². The third-order valence-corrected chi connectivity index (χ3v) is 2.35. The first kappa shape index (κ1) is 11.2. The maximum atomic E-state index is 10.7. The van der Waals surface area contributed by atoms with E-state index in [9.17, 15) is 4.79 Å². The molecule has 0 radical (unpaired) electrons. The van der Waals surface area contributed by atoms with Crippen LogP contribution in [0.25, 0.3) is 0 Å². The van der Waals surface area contributed by atoms with Gasteiger partial charge in [0, 0.05) is 0 Å². The van der Waals surface area contributed by atoms with Gasteiger partial charge in [-0.15, -0.1) is 0 Å². The molecule has 3 heteroatoms. The van der Waals surface area contributed by atoms with Crippen molar-refractivity contribution < 1.29 is 14.6 Å². The monoisotopic (exact) mass is 229 g/mol. The average molecular weight is 229 g/mol. The second kappa shape index (κ2) is 5.16. The Hall–Kier alpha value is -2.29. The first-order chi connectivity index (χ1) is 8.25. The van der Waals surface area contributed by atoms with Crippen molar-refractivity contribution in [2.45, 2.75) is 6.61 Å². The Balaban J connectivity index is 1.98. The van der Waals surface area contributed by atoms with Crippen LogP contribution in [-0.4, -0.2) is 11.1 Å². The van der Waals surface area contributed by atoms with E-state index in [1.807, 2.05) is 30.3 Å². The molecule has 3 nitrogen and oxygen atoms in total. The van der Waals surface area contributed by atoms with Crippen LogP contribution in [0.5, 0.6) is 5.75 Å². The van der Waals surface area contributed by atoms with E-state index < -0.39 is 5.97 Å². The van der Waals surface area contributed by atoms with E-state index in [-0.39, 0.29) is 5.56 Å². The lowest BCUT2D eigenvalue weighted by Crippen LogP contribution is -1.97. The predicted molar refractivity (Wildman–Crippen MR) is 64.2 cm³/mol. The van der Waals surface area contributed by atoms with Gasteiger partial charge in [0.2, 0.25) is 0 Å². The van der Waals surface area contributed by atoms with Crippen molar-refractivity contribution in [3.05, 3.63) is 65.7 Å². The van der Waals surface area contributed by atoms with Gasteiger partial charge in [0.05, 0.1) is 5.56 Å². The summed E-state index contributed by atoms with van der Waals surface area (Å²) in [5.41, 5.74) is 1.34. The molecule has 0 bridgehead atoms. The van der Waals surface area contributed by atoms with Gasteiger partial charge in [-0.1, -0.05) is 30.3 Å². The molecule has 0 saturated heterocycles. The fraction of sp³-hybridized carbons (Fsp3) is 0.0714. The van der Waals surface area contributed by atoms with E-state index in [1.54, 1.807) is 12.1 Å². The van der Waals surface area contributed by atoms with Crippen molar-refractivity contribution >= 4 is 5.97 Å². The van der Waals surface area contributed by atoms with Crippen molar-refractivity contribution in [2.75, 3.05) is 0 Å². The zero-order chi connectivity index (χ0) is 12.1. The number of carboxylic acid groups (broad SMARTS) is 1. The standard InChI is InChI=1S/C14H12O3/c15-14(16)12-6-8-13(9-7-12)17-10-11-4-2-1-3-5-11/h1-9H,10H2,(H,15,16)/i11+1. The zero-order valence-corrected chi connectivity index (χ0v) is 9.17. The Labute approximate surface area is 99.3 Å². The average Bonchev–Trinajstić information content (AvgIpc) is 2.38. The molecular weight excluding hydrogens is 217 g/mol. The summed E-state index contributed by atoms with van der Waals surface area (Å²) in [4.78, 5) is 10.7. The molecule has 0 unspecified atom stereocenters. The number of benzene rings is 2. The smallest absolute Gasteiger partial charge is 0.335 e. The lowest BCUT2D eigenvalue weighted by molar-refractivity contribution is 0.0697. The molecule has 0 atom stereocenters. The fourth-order valence-electron chi connectivity index (χ4n) is 1.43. The van der Waals surface area contributed by atoms with Gasteiger partial charge in [-0.25, -0.2) is 4.79 Å². The van der Waals surface area contributed by atoms with Crippen LogP contribution >= 0.6 is 0 Å². The van der Waals surface area contributed by atoms with Gasteiger partial charge in [-0.2, -0.15) is 0 Å². The number of hydrogen-bond acceptors (Lipinski definition) is 2. The lowest BCUT2D eigenvalue weighted by Gasteiger charge is -2.06. The molecule has 17 heavy (non-hydrogen) atoms. The third kappa shape index (κ3) is 3.08. The predicted octanol–water partition coefficient (Wildman–Crippen LogP) is 2.96. The molecule has 2 rings (SSSR count). The van der Waals surface area contributed by atoms with Crippen molar-refractivity contribution in [1.29, 1.82) is 0 Å². The minimum Gasteiger partial charge on any atom is -0.489 e. The van der Waals surface area contributed by atoms with Crippen LogP contribution in [0.3, 0.4) is 0 Å². The van der Waals surface area contributed by atoms with Crippen LogP contribution in [0.1, 0.15) is 15.9 Å². The van der Waals surface area contributed by atoms with E-state index in [4.69, 9.17) is 9.84 Å². The SMILES string of the molecule is O=C(O)c1ccc(OC[13c]2ccccc2)cc1. The Morgan fingerprint density at radius 3 is 2.24 bits per heavy atom.